The number of rotatable bonds is 8. The summed E-state index contributed by atoms with van der Waals surface area (Å²) in [5, 5.41) is 7.43. The highest BCUT2D eigenvalue weighted by Crippen LogP contribution is 2.17. The van der Waals surface area contributed by atoms with E-state index in [1.54, 1.807) is 30.3 Å². The molecule has 4 N–H and O–H groups in total. The number of esters is 1. The lowest BCUT2D eigenvalue weighted by Gasteiger charge is -2.09. The number of hydrogen-bond acceptors (Lipinski definition) is 7. The lowest BCUT2D eigenvalue weighted by molar-refractivity contribution is -0.119. The average molecular weight is 490 g/mol. The van der Waals surface area contributed by atoms with Gasteiger partial charge in [-0.25, -0.2) is 26.8 Å². The second-order valence-electron chi connectivity index (χ2n) is 6.69. The van der Waals surface area contributed by atoms with Crippen molar-refractivity contribution < 1.29 is 31.2 Å². The van der Waals surface area contributed by atoms with Crippen LogP contribution in [0.25, 0.3) is 0 Å². The van der Waals surface area contributed by atoms with Crippen LogP contribution in [0.4, 0.5) is 11.4 Å². The van der Waals surface area contributed by atoms with Crippen molar-refractivity contribution in [2.24, 2.45) is 5.14 Å². The molecule has 0 unspecified atom stereocenters. The Morgan fingerprint density at radius 2 is 1.42 bits per heavy atom. The summed E-state index contributed by atoms with van der Waals surface area (Å²) >= 11 is 0. The molecule has 33 heavy (non-hydrogen) atoms. The van der Waals surface area contributed by atoms with Crippen molar-refractivity contribution in [1.82, 2.24) is 0 Å². The van der Waals surface area contributed by atoms with Gasteiger partial charge in [-0.15, -0.1) is 0 Å². The standard InChI is InChI=1S/C21H19N3O7S2/c22-32(27,28)19-8-4-7-17(13-19)23-20(25)14-31-21(26)15-9-11-18(12-10-15)33(29,30)24-16-5-2-1-3-6-16/h1-13,24H,14H2,(H,23,25)(H2,22,27,28). The number of anilines is 2. The maximum Gasteiger partial charge on any atom is 0.338 e. The van der Waals surface area contributed by atoms with E-state index in [1.165, 1.54) is 42.5 Å². The Hall–Kier alpha value is -3.74. The number of amides is 1. The van der Waals surface area contributed by atoms with Crippen LogP contribution in [0.3, 0.4) is 0 Å². The summed E-state index contributed by atoms with van der Waals surface area (Å²) < 4.78 is 55.0. The largest absolute Gasteiger partial charge is 0.452 e. The van der Waals surface area contributed by atoms with Gasteiger partial charge in [0.05, 0.1) is 15.4 Å². The Morgan fingerprint density at radius 1 is 0.788 bits per heavy atom. The van der Waals surface area contributed by atoms with E-state index < -0.39 is 38.5 Å². The fourth-order valence-electron chi connectivity index (χ4n) is 2.65. The molecule has 12 heteroatoms. The van der Waals surface area contributed by atoms with Crippen molar-refractivity contribution in [3.63, 3.8) is 0 Å². The smallest absolute Gasteiger partial charge is 0.338 e. The van der Waals surface area contributed by atoms with Gasteiger partial charge in [-0.05, 0) is 54.6 Å². The van der Waals surface area contributed by atoms with E-state index in [1.807, 2.05) is 0 Å². The molecule has 0 aliphatic rings. The van der Waals surface area contributed by atoms with Crippen LogP contribution >= 0.6 is 0 Å². The number of para-hydroxylation sites is 1. The molecule has 10 nitrogen and oxygen atoms in total. The summed E-state index contributed by atoms with van der Waals surface area (Å²) in [7, 11) is -7.79. The van der Waals surface area contributed by atoms with Crippen molar-refractivity contribution in [2.75, 3.05) is 16.6 Å². The molecule has 0 bridgehead atoms. The fourth-order valence-corrected chi connectivity index (χ4v) is 4.27. The van der Waals surface area contributed by atoms with Crippen molar-refractivity contribution in [1.29, 1.82) is 0 Å². The summed E-state index contributed by atoms with van der Waals surface area (Å²) in [4.78, 5) is 23.9. The molecule has 0 aromatic heterocycles. The van der Waals surface area contributed by atoms with Gasteiger partial charge in [-0.3, -0.25) is 9.52 Å². The maximum atomic E-state index is 12.4. The molecule has 0 aliphatic heterocycles. The third-order valence-electron chi connectivity index (χ3n) is 4.21. The van der Waals surface area contributed by atoms with Crippen molar-refractivity contribution in [3.8, 4) is 0 Å². The van der Waals surface area contributed by atoms with Gasteiger partial charge in [-0.1, -0.05) is 24.3 Å². The summed E-state index contributed by atoms with van der Waals surface area (Å²) in [5.41, 5.74) is 0.585. The zero-order valence-corrected chi connectivity index (χ0v) is 18.6. The predicted molar refractivity (Wildman–Crippen MR) is 120 cm³/mol. The molecule has 0 atom stereocenters. The van der Waals surface area contributed by atoms with Crippen molar-refractivity contribution >= 4 is 43.3 Å². The van der Waals surface area contributed by atoms with Crippen LogP contribution in [0.1, 0.15) is 10.4 Å². The molecule has 172 valence electrons. The lowest BCUT2D eigenvalue weighted by atomic mass is 10.2. The highest BCUT2D eigenvalue weighted by Gasteiger charge is 2.16. The maximum absolute atomic E-state index is 12.4. The van der Waals surface area contributed by atoms with E-state index in [9.17, 15) is 26.4 Å². The normalized spacial score (nSPS) is 11.4. The average Bonchev–Trinajstić information content (AvgIpc) is 2.77. The monoisotopic (exact) mass is 489 g/mol. The molecule has 0 saturated carbocycles. The second-order valence-corrected chi connectivity index (χ2v) is 9.94. The summed E-state index contributed by atoms with van der Waals surface area (Å²) in [6.45, 7) is -0.645. The number of nitrogens with one attached hydrogen (secondary N) is 2. The van der Waals surface area contributed by atoms with Gasteiger partial charge in [0.2, 0.25) is 10.0 Å². The van der Waals surface area contributed by atoms with Crippen molar-refractivity contribution in [2.45, 2.75) is 9.79 Å². The second kappa shape index (κ2) is 9.81. The van der Waals surface area contributed by atoms with E-state index in [0.717, 1.165) is 6.07 Å². The van der Waals surface area contributed by atoms with Gasteiger partial charge in [-0.2, -0.15) is 0 Å². The molecule has 0 aliphatic carbocycles. The fraction of sp³-hybridized carbons (Fsp3) is 0.0476. The number of hydrogen-bond donors (Lipinski definition) is 3. The Bertz CT molecular complexity index is 1370. The highest BCUT2D eigenvalue weighted by molar-refractivity contribution is 7.92. The predicted octanol–water partition coefficient (Wildman–Crippen LogP) is 1.93. The molecule has 0 spiro atoms. The first-order valence-corrected chi connectivity index (χ1v) is 12.4. The Labute approximate surface area is 190 Å². The van der Waals surface area contributed by atoms with Crippen molar-refractivity contribution in [3.05, 3.63) is 84.4 Å². The molecule has 3 aromatic rings. The van der Waals surface area contributed by atoms with Crippen LogP contribution in [0.5, 0.6) is 0 Å². The van der Waals surface area contributed by atoms with E-state index in [0.29, 0.717) is 5.69 Å². The number of nitrogens with two attached hydrogens (primary N) is 1. The first-order valence-electron chi connectivity index (χ1n) is 9.32. The molecule has 1 amide bonds. The van der Waals surface area contributed by atoms with Gasteiger partial charge in [0, 0.05) is 11.4 Å². The van der Waals surface area contributed by atoms with Gasteiger partial charge in [0.25, 0.3) is 15.9 Å². The number of sulfonamides is 2. The zero-order chi connectivity index (χ0) is 24.1. The first kappa shape index (κ1) is 23.9. The highest BCUT2D eigenvalue weighted by atomic mass is 32.2. The summed E-state index contributed by atoms with van der Waals surface area (Å²) in [6.07, 6.45) is 0. The minimum Gasteiger partial charge on any atom is -0.452 e. The first-order chi connectivity index (χ1) is 15.5. The Kier molecular flexibility index (Phi) is 7.11. The topological polar surface area (TPSA) is 162 Å². The third-order valence-corrected chi connectivity index (χ3v) is 6.52. The minimum atomic E-state index is -3.94. The Balaban J connectivity index is 1.58. The van der Waals surface area contributed by atoms with Crippen LogP contribution in [0.15, 0.2) is 88.7 Å². The van der Waals surface area contributed by atoms with Crippen LogP contribution in [0, 0.1) is 0 Å². The SMILES string of the molecule is NS(=O)(=O)c1cccc(NC(=O)COC(=O)c2ccc(S(=O)(=O)Nc3ccccc3)cc2)c1. The number of primary sulfonamides is 1. The van der Waals surface area contributed by atoms with E-state index in [2.05, 4.69) is 10.0 Å². The van der Waals surface area contributed by atoms with Gasteiger partial charge >= 0.3 is 5.97 Å². The van der Waals surface area contributed by atoms with Crippen LogP contribution < -0.4 is 15.2 Å². The van der Waals surface area contributed by atoms with E-state index in [-0.39, 0.29) is 21.0 Å². The number of carbonyl (C=O) groups excluding carboxylic acids is 2. The van der Waals surface area contributed by atoms with Crippen LogP contribution in [-0.2, 0) is 29.6 Å². The lowest BCUT2D eigenvalue weighted by Crippen LogP contribution is -2.21. The Morgan fingerprint density at radius 3 is 2.06 bits per heavy atom. The molecule has 0 heterocycles. The van der Waals surface area contributed by atoms with Crippen LogP contribution in [-0.4, -0.2) is 35.3 Å². The van der Waals surface area contributed by atoms with Gasteiger partial charge in [0.15, 0.2) is 6.61 Å². The minimum absolute atomic E-state index is 0.0395. The summed E-state index contributed by atoms with van der Waals surface area (Å²) in [6, 6.07) is 18.6. The van der Waals surface area contributed by atoms with Gasteiger partial charge in [0.1, 0.15) is 0 Å². The quantitative estimate of drug-likeness (QED) is 0.407. The van der Waals surface area contributed by atoms with E-state index >= 15 is 0 Å². The molecular weight excluding hydrogens is 470 g/mol. The molecular formula is C21H19N3O7S2. The molecule has 3 aromatic carbocycles. The number of benzene rings is 3. The van der Waals surface area contributed by atoms with Gasteiger partial charge < -0.3 is 10.1 Å². The molecule has 3 rings (SSSR count). The van der Waals surface area contributed by atoms with Crippen LogP contribution in [0.2, 0.25) is 0 Å². The molecule has 0 radical (unpaired) electrons. The molecule has 0 saturated heterocycles. The zero-order valence-electron chi connectivity index (χ0n) is 17.0. The number of ether oxygens (including phenoxy) is 1. The molecule has 0 fully saturated rings. The third kappa shape index (κ3) is 6.62. The summed E-state index contributed by atoms with van der Waals surface area (Å²) in [5.74, 6) is -1.55. The number of carbonyl (C=O) groups is 2. The van der Waals surface area contributed by atoms with E-state index in [4.69, 9.17) is 9.88 Å².